The van der Waals surface area contributed by atoms with Crippen molar-refractivity contribution in [2.75, 3.05) is 6.79 Å². The molecule has 1 N–H and O–H groups in total. The second-order valence-corrected chi connectivity index (χ2v) is 14.1. The summed E-state index contributed by atoms with van der Waals surface area (Å²) in [5, 5.41) is 3.96. The standard InChI is InChI=1S/C43H65NO2/c1-32(2)15-11-18-35(7)19-14-20-36(8)23-25-40(27-37(9)21-12-16-33(3)4)41(28-38(10)22-13-17-34(5)6)44-30-39-24-26-42-43(29-39)46-31-45-42/h15-17,19,23-24,26-29,40-41,44H,11-14,18,20-22,25,30-31H2,1-10H3/b35-19?,36-23?,37-27+,38-28+. The molecule has 0 fully saturated rings. The van der Waals surface area contributed by atoms with Gasteiger partial charge >= 0.3 is 0 Å². The summed E-state index contributed by atoms with van der Waals surface area (Å²) in [6.07, 6.45) is 26.9. The number of rotatable bonds is 20. The third-order valence-corrected chi connectivity index (χ3v) is 8.45. The Morgan fingerprint density at radius 1 is 0.609 bits per heavy atom. The summed E-state index contributed by atoms with van der Waals surface area (Å²) in [7, 11) is 0. The molecular weight excluding hydrogens is 562 g/mol. The fraction of sp³-hybridized carbons (Fsp3) is 0.535. The minimum atomic E-state index is 0.219. The lowest BCUT2D eigenvalue weighted by molar-refractivity contribution is 0.174. The Morgan fingerprint density at radius 3 is 1.70 bits per heavy atom. The molecule has 46 heavy (non-hydrogen) atoms. The molecule has 0 saturated heterocycles. The number of allylic oxidation sites excluding steroid dienone is 12. The van der Waals surface area contributed by atoms with Crippen molar-refractivity contribution < 1.29 is 9.47 Å². The third-order valence-electron chi connectivity index (χ3n) is 8.45. The minimum absolute atomic E-state index is 0.219. The van der Waals surface area contributed by atoms with E-state index >= 15 is 0 Å². The Kier molecular flexibility index (Phi) is 18.5. The molecule has 2 atom stereocenters. The summed E-state index contributed by atoms with van der Waals surface area (Å²) >= 11 is 0. The molecule has 1 heterocycles. The molecule has 0 bridgehead atoms. The van der Waals surface area contributed by atoms with Crippen molar-refractivity contribution in [2.45, 2.75) is 140 Å². The Hall–Kier alpha value is -3.04. The van der Waals surface area contributed by atoms with Gasteiger partial charge in [-0.1, -0.05) is 87.6 Å². The first-order valence-corrected chi connectivity index (χ1v) is 17.6. The van der Waals surface area contributed by atoms with Crippen LogP contribution < -0.4 is 14.8 Å². The van der Waals surface area contributed by atoms with Crippen LogP contribution in [-0.4, -0.2) is 12.8 Å². The highest BCUT2D eigenvalue weighted by Crippen LogP contribution is 2.32. The van der Waals surface area contributed by atoms with Gasteiger partial charge in [0.1, 0.15) is 0 Å². The largest absolute Gasteiger partial charge is 0.454 e. The Morgan fingerprint density at radius 2 is 1.11 bits per heavy atom. The van der Waals surface area contributed by atoms with Crippen molar-refractivity contribution >= 4 is 0 Å². The monoisotopic (exact) mass is 628 g/mol. The van der Waals surface area contributed by atoms with Crippen LogP contribution in [0, 0.1) is 5.92 Å². The molecule has 3 heteroatoms. The van der Waals surface area contributed by atoms with E-state index in [-0.39, 0.29) is 6.04 Å². The van der Waals surface area contributed by atoms with E-state index in [0.717, 1.165) is 75.8 Å². The van der Waals surface area contributed by atoms with Crippen LogP contribution in [0.5, 0.6) is 11.5 Å². The van der Waals surface area contributed by atoms with Gasteiger partial charge in [-0.15, -0.1) is 0 Å². The maximum atomic E-state index is 5.67. The molecular formula is C43H65NO2. The summed E-state index contributed by atoms with van der Waals surface area (Å²) in [6.45, 7) is 23.4. The molecule has 254 valence electrons. The average molecular weight is 628 g/mol. The number of hydrogen-bond donors (Lipinski definition) is 1. The van der Waals surface area contributed by atoms with Gasteiger partial charge < -0.3 is 14.8 Å². The van der Waals surface area contributed by atoms with E-state index in [2.05, 4.69) is 129 Å². The number of fused-ring (bicyclic) bond motifs is 1. The van der Waals surface area contributed by atoms with Crippen LogP contribution in [0.3, 0.4) is 0 Å². The Balaban J connectivity index is 2.28. The number of benzene rings is 1. The second-order valence-electron chi connectivity index (χ2n) is 14.1. The van der Waals surface area contributed by atoms with Crippen molar-refractivity contribution in [3.63, 3.8) is 0 Å². The summed E-state index contributed by atoms with van der Waals surface area (Å²) in [6, 6.07) is 6.52. The topological polar surface area (TPSA) is 30.5 Å². The molecule has 1 aliphatic heterocycles. The van der Waals surface area contributed by atoms with Gasteiger partial charge in [-0.05, 0) is 151 Å². The van der Waals surface area contributed by atoms with E-state index in [9.17, 15) is 0 Å². The first-order valence-electron chi connectivity index (χ1n) is 17.6. The van der Waals surface area contributed by atoms with Crippen LogP contribution in [0.2, 0.25) is 0 Å². The predicted molar refractivity (Wildman–Crippen MR) is 202 cm³/mol. The molecule has 1 aromatic rings. The lowest BCUT2D eigenvalue weighted by Gasteiger charge is -2.25. The number of nitrogens with one attached hydrogen (secondary N) is 1. The summed E-state index contributed by atoms with van der Waals surface area (Å²) in [4.78, 5) is 0. The normalized spacial score (nSPS) is 15.0. The minimum Gasteiger partial charge on any atom is -0.454 e. The summed E-state index contributed by atoms with van der Waals surface area (Å²) in [5.41, 5.74) is 11.3. The predicted octanol–water partition coefficient (Wildman–Crippen LogP) is 12.7. The van der Waals surface area contributed by atoms with Crippen LogP contribution in [0.15, 0.2) is 99.7 Å². The number of ether oxygens (including phenoxy) is 2. The van der Waals surface area contributed by atoms with Crippen LogP contribution in [0.1, 0.15) is 133 Å². The highest BCUT2D eigenvalue weighted by molar-refractivity contribution is 5.44. The van der Waals surface area contributed by atoms with Crippen LogP contribution in [0.4, 0.5) is 0 Å². The smallest absolute Gasteiger partial charge is 0.231 e. The highest BCUT2D eigenvalue weighted by Gasteiger charge is 2.19. The molecule has 1 aliphatic rings. The third kappa shape index (κ3) is 17.0. The van der Waals surface area contributed by atoms with Crippen molar-refractivity contribution in [3.05, 3.63) is 105 Å². The zero-order valence-electron chi connectivity index (χ0n) is 31.0. The van der Waals surface area contributed by atoms with Crippen LogP contribution >= 0.6 is 0 Å². The maximum Gasteiger partial charge on any atom is 0.231 e. The summed E-state index contributed by atoms with van der Waals surface area (Å²) in [5.74, 6) is 2.03. The molecule has 2 unspecified atom stereocenters. The fourth-order valence-corrected chi connectivity index (χ4v) is 5.63. The molecule has 0 aromatic heterocycles. The van der Waals surface area contributed by atoms with Crippen molar-refractivity contribution in [1.29, 1.82) is 0 Å². The Bertz CT molecular complexity index is 1290. The van der Waals surface area contributed by atoms with Gasteiger partial charge in [0.05, 0.1) is 0 Å². The zero-order chi connectivity index (χ0) is 33.9. The van der Waals surface area contributed by atoms with E-state index in [1.54, 1.807) is 0 Å². The van der Waals surface area contributed by atoms with Gasteiger partial charge in [0.2, 0.25) is 6.79 Å². The fourth-order valence-electron chi connectivity index (χ4n) is 5.63. The molecule has 0 radical (unpaired) electrons. The van der Waals surface area contributed by atoms with E-state index in [1.165, 1.54) is 44.6 Å². The molecule has 0 amide bonds. The van der Waals surface area contributed by atoms with E-state index in [4.69, 9.17) is 9.47 Å². The van der Waals surface area contributed by atoms with Gasteiger partial charge in [-0.3, -0.25) is 0 Å². The van der Waals surface area contributed by atoms with Crippen LogP contribution in [0.25, 0.3) is 0 Å². The maximum absolute atomic E-state index is 5.67. The van der Waals surface area contributed by atoms with Gasteiger partial charge in [-0.2, -0.15) is 0 Å². The average Bonchev–Trinajstić information content (AvgIpc) is 3.45. The van der Waals surface area contributed by atoms with Gasteiger partial charge in [0.15, 0.2) is 11.5 Å². The first kappa shape index (κ1) is 39.1. The van der Waals surface area contributed by atoms with Gasteiger partial charge in [0, 0.05) is 12.6 Å². The quantitative estimate of drug-likeness (QED) is 0.146. The van der Waals surface area contributed by atoms with E-state index < -0.39 is 0 Å². The van der Waals surface area contributed by atoms with Gasteiger partial charge in [0.25, 0.3) is 0 Å². The molecule has 1 aromatic carbocycles. The van der Waals surface area contributed by atoms with Crippen molar-refractivity contribution in [3.8, 4) is 11.5 Å². The molecule has 0 saturated carbocycles. The lowest BCUT2D eigenvalue weighted by Crippen LogP contribution is -2.34. The highest BCUT2D eigenvalue weighted by atomic mass is 16.7. The summed E-state index contributed by atoms with van der Waals surface area (Å²) < 4.78 is 11.2. The SMILES string of the molecule is CC(C)=CCCC(C)=CCCC(C)=CCC(/C=C(\C)CCC=C(C)C)C(/C=C(\C)CCC=C(C)C)NCc1ccc2c(c1)OCO2. The molecule has 3 nitrogen and oxygen atoms in total. The van der Waals surface area contributed by atoms with Gasteiger partial charge in [-0.25, -0.2) is 0 Å². The zero-order valence-corrected chi connectivity index (χ0v) is 31.0. The first-order chi connectivity index (χ1) is 21.9. The second kappa shape index (κ2) is 21.7. The van der Waals surface area contributed by atoms with Crippen LogP contribution in [-0.2, 0) is 6.54 Å². The Labute approximate surface area is 283 Å². The molecule has 2 rings (SSSR count). The molecule has 0 spiro atoms. The van der Waals surface area contributed by atoms with E-state index in [1.807, 2.05) is 6.07 Å². The van der Waals surface area contributed by atoms with E-state index in [0.29, 0.717) is 12.7 Å². The molecule has 0 aliphatic carbocycles. The lowest BCUT2D eigenvalue weighted by atomic mass is 9.89. The van der Waals surface area contributed by atoms with Crippen molar-refractivity contribution in [1.82, 2.24) is 5.32 Å². The van der Waals surface area contributed by atoms with Crippen molar-refractivity contribution in [2.24, 2.45) is 5.92 Å². The number of hydrogen-bond acceptors (Lipinski definition) is 3.